The molecule has 17 heavy (non-hydrogen) atoms. The fourth-order valence-corrected chi connectivity index (χ4v) is 1.44. The lowest BCUT2D eigenvalue weighted by Gasteiger charge is -2.08. The van der Waals surface area contributed by atoms with E-state index in [2.05, 4.69) is 0 Å². The Kier molecular flexibility index (Phi) is 3.14. The molecule has 0 aliphatic heterocycles. The van der Waals surface area contributed by atoms with Crippen molar-refractivity contribution >= 4 is 11.4 Å². The summed E-state index contributed by atoms with van der Waals surface area (Å²) in [5.74, 6) is 0.337. The van der Waals surface area contributed by atoms with Gasteiger partial charge in [0, 0.05) is 6.07 Å². The zero-order valence-corrected chi connectivity index (χ0v) is 9.19. The maximum atomic E-state index is 12.9. The van der Waals surface area contributed by atoms with Crippen LogP contribution in [-0.2, 0) is 6.61 Å². The second-order valence-corrected chi connectivity index (χ2v) is 3.71. The summed E-state index contributed by atoms with van der Waals surface area (Å²) < 4.78 is 18.4. The normalized spacial score (nSPS) is 10.2. The predicted molar refractivity (Wildman–Crippen MR) is 66.0 cm³/mol. The molecule has 2 rings (SSSR count). The van der Waals surface area contributed by atoms with Crippen LogP contribution < -0.4 is 16.2 Å². The van der Waals surface area contributed by atoms with E-state index in [-0.39, 0.29) is 5.82 Å². The summed E-state index contributed by atoms with van der Waals surface area (Å²) in [6.07, 6.45) is 0. The molecule has 0 amide bonds. The fourth-order valence-electron chi connectivity index (χ4n) is 1.44. The maximum absolute atomic E-state index is 12.9. The number of hydrogen-bond acceptors (Lipinski definition) is 3. The van der Waals surface area contributed by atoms with Crippen LogP contribution in [0, 0.1) is 5.82 Å². The number of benzene rings is 2. The van der Waals surface area contributed by atoms with Crippen molar-refractivity contribution in [1.29, 1.82) is 0 Å². The molecule has 2 aromatic carbocycles. The smallest absolute Gasteiger partial charge is 0.123 e. The molecule has 0 fully saturated rings. The van der Waals surface area contributed by atoms with Crippen molar-refractivity contribution in [2.45, 2.75) is 6.61 Å². The predicted octanol–water partition coefficient (Wildman–Crippen LogP) is 2.57. The Morgan fingerprint density at radius 3 is 2.53 bits per heavy atom. The topological polar surface area (TPSA) is 61.3 Å². The number of anilines is 2. The van der Waals surface area contributed by atoms with Crippen molar-refractivity contribution in [2.75, 3.05) is 11.5 Å². The van der Waals surface area contributed by atoms with Crippen LogP contribution >= 0.6 is 0 Å². The monoisotopic (exact) mass is 232 g/mol. The number of halogens is 1. The van der Waals surface area contributed by atoms with E-state index in [9.17, 15) is 4.39 Å². The van der Waals surface area contributed by atoms with Gasteiger partial charge in [0.2, 0.25) is 0 Å². The van der Waals surface area contributed by atoms with Gasteiger partial charge < -0.3 is 16.2 Å². The zero-order valence-electron chi connectivity index (χ0n) is 9.19. The largest absolute Gasteiger partial charge is 0.489 e. The quantitative estimate of drug-likeness (QED) is 0.799. The molecule has 0 aliphatic carbocycles. The van der Waals surface area contributed by atoms with E-state index in [4.69, 9.17) is 16.2 Å². The SMILES string of the molecule is Nc1ccc(OCc2cccc(F)c2)cc1N. The first-order chi connectivity index (χ1) is 8.15. The van der Waals surface area contributed by atoms with Crippen LogP contribution in [0.5, 0.6) is 5.75 Å². The molecule has 0 heterocycles. The first-order valence-electron chi connectivity index (χ1n) is 5.17. The van der Waals surface area contributed by atoms with Crippen molar-refractivity contribution in [2.24, 2.45) is 0 Å². The molecule has 0 saturated carbocycles. The maximum Gasteiger partial charge on any atom is 0.123 e. The third-order valence-electron chi connectivity index (χ3n) is 2.35. The Morgan fingerprint density at radius 1 is 1.00 bits per heavy atom. The van der Waals surface area contributed by atoms with Gasteiger partial charge in [-0.05, 0) is 29.8 Å². The van der Waals surface area contributed by atoms with Gasteiger partial charge in [0.25, 0.3) is 0 Å². The summed E-state index contributed by atoms with van der Waals surface area (Å²) in [6.45, 7) is 0.293. The molecule has 0 atom stereocenters. The molecule has 0 spiro atoms. The molecular weight excluding hydrogens is 219 g/mol. The van der Waals surface area contributed by atoms with E-state index in [1.807, 2.05) is 0 Å². The summed E-state index contributed by atoms with van der Waals surface area (Å²) in [5, 5.41) is 0. The minimum absolute atomic E-state index is 0.275. The first kappa shape index (κ1) is 11.3. The van der Waals surface area contributed by atoms with Crippen molar-refractivity contribution in [3.05, 3.63) is 53.8 Å². The molecule has 0 aliphatic rings. The minimum Gasteiger partial charge on any atom is -0.489 e. The van der Waals surface area contributed by atoms with Gasteiger partial charge in [-0.1, -0.05) is 12.1 Å². The lowest BCUT2D eigenvalue weighted by molar-refractivity contribution is 0.306. The number of ether oxygens (including phenoxy) is 1. The van der Waals surface area contributed by atoms with Crippen LogP contribution in [-0.4, -0.2) is 0 Å². The van der Waals surface area contributed by atoms with Crippen molar-refractivity contribution < 1.29 is 9.13 Å². The Hall–Kier alpha value is -2.23. The molecule has 0 bridgehead atoms. The summed E-state index contributed by atoms with van der Waals surface area (Å²) in [5.41, 5.74) is 13.0. The van der Waals surface area contributed by atoms with E-state index >= 15 is 0 Å². The fraction of sp³-hybridized carbons (Fsp3) is 0.0769. The molecule has 0 aromatic heterocycles. The van der Waals surface area contributed by atoms with E-state index in [1.54, 1.807) is 30.3 Å². The lowest BCUT2D eigenvalue weighted by Crippen LogP contribution is -1.98. The van der Waals surface area contributed by atoms with Gasteiger partial charge in [-0.15, -0.1) is 0 Å². The highest BCUT2D eigenvalue weighted by Crippen LogP contribution is 2.22. The van der Waals surface area contributed by atoms with Crippen LogP contribution in [0.3, 0.4) is 0 Å². The van der Waals surface area contributed by atoms with Crippen LogP contribution in [0.25, 0.3) is 0 Å². The van der Waals surface area contributed by atoms with Crippen LogP contribution in [0.15, 0.2) is 42.5 Å². The summed E-state index contributed by atoms with van der Waals surface area (Å²) in [4.78, 5) is 0. The van der Waals surface area contributed by atoms with Gasteiger partial charge in [-0.3, -0.25) is 0 Å². The van der Waals surface area contributed by atoms with Crippen molar-refractivity contribution in [3.63, 3.8) is 0 Å². The van der Waals surface area contributed by atoms with Crippen molar-refractivity contribution in [3.8, 4) is 5.75 Å². The van der Waals surface area contributed by atoms with E-state index in [1.165, 1.54) is 12.1 Å². The zero-order chi connectivity index (χ0) is 12.3. The third-order valence-corrected chi connectivity index (χ3v) is 2.35. The van der Waals surface area contributed by atoms with Crippen LogP contribution in [0.1, 0.15) is 5.56 Å². The van der Waals surface area contributed by atoms with Crippen LogP contribution in [0.4, 0.5) is 15.8 Å². The van der Waals surface area contributed by atoms with Gasteiger partial charge in [-0.25, -0.2) is 4.39 Å². The van der Waals surface area contributed by atoms with E-state index in [0.29, 0.717) is 23.7 Å². The number of nitrogen functional groups attached to an aromatic ring is 2. The lowest BCUT2D eigenvalue weighted by atomic mass is 10.2. The molecule has 88 valence electrons. The second kappa shape index (κ2) is 4.74. The Labute approximate surface area is 98.8 Å². The number of hydrogen-bond donors (Lipinski definition) is 2. The van der Waals surface area contributed by atoms with E-state index in [0.717, 1.165) is 5.56 Å². The average Bonchev–Trinajstić information content (AvgIpc) is 2.31. The Morgan fingerprint density at radius 2 is 1.82 bits per heavy atom. The standard InChI is InChI=1S/C13H13FN2O/c14-10-3-1-2-9(6-10)8-17-11-4-5-12(15)13(16)7-11/h1-7H,8,15-16H2. The molecule has 0 saturated heterocycles. The van der Waals surface area contributed by atoms with Gasteiger partial charge in [0.15, 0.2) is 0 Å². The molecule has 2 aromatic rings. The highest BCUT2D eigenvalue weighted by atomic mass is 19.1. The highest BCUT2D eigenvalue weighted by Gasteiger charge is 2.00. The highest BCUT2D eigenvalue weighted by molar-refractivity contribution is 5.65. The summed E-state index contributed by atoms with van der Waals surface area (Å²) >= 11 is 0. The molecule has 0 unspecified atom stereocenters. The Bertz CT molecular complexity index is 529. The molecule has 3 nitrogen and oxygen atoms in total. The Balaban J connectivity index is 2.05. The third kappa shape index (κ3) is 2.87. The molecule has 4 N–H and O–H groups in total. The minimum atomic E-state index is -0.275. The van der Waals surface area contributed by atoms with Gasteiger partial charge in [0.1, 0.15) is 18.2 Å². The number of nitrogens with two attached hydrogens (primary N) is 2. The molecular formula is C13H13FN2O. The van der Waals surface area contributed by atoms with Crippen molar-refractivity contribution in [1.82, 2.24) is 0 Å². The summed E-state index contributed by atoms with van der Waals surface area (Å²) in [7, 11) is 0. The molecule has 0 radical (unpaired) electrons. The van der Waals surface area contributed by atoms with Gasteiger partial charge in [-0.2, -0.15) is 0 Å². The molecule has 4 heteroatoms. The second-order valence-electron chi connectivity index (χ2n) is 3.71. The first-order valence-corrected chi connectivity index (χ1v) is 5.17. The number of rotatable bonds is 3. The average molecular weight is 232 g/mol. The summed E-state index contributed by atoms with van der Waals surface area (Å²) in [6, 6.07) is 11.3. The van der Waals surface area contributed by atoms with Crippen LogP contribution in [0.2, 0.25) is 0 Å². The van der Waals surface area contributed by atoms with Gasteiger partial charge in [0.05, 0.1) is 11.4 Å². The van der Waals surface area contributed by atoms with E-state index < -0.39 is 0 Å². The van der Waals surface area contributed by atoms with Gasteiger partial charge >= 0.3 is 0 Å².